The van der Waals surface area contributed by atoms with Crippen LogP contribution in [0.5, 0.6) is 11.5 Å². The summed E-state index contributed by atoms with van der Waals surface area (Å²) >= 11 is 1.23. The SMILES string of the molecule is COc1ccc(OC)c(-c2cc(-c3ccccc3)nc3sc(C(=O)NCc4ccc(F)cc4)c(N)c23)c1. The van der Waals surface area contributed by atoms with Crippen LogP contribution in [0.25, 0.3) is 32.6 Å². The second kappa shape index (κ2) is 10.3. The van der Waals surface area contributed by atoms with E-state index in [-0.39, 0.29) is 18.3 Å². The second-order valence-corrected chi connectivity index (χ2v) is 9.32. The van der Waals surface area contributed by atoms with Crippen LogP contribution in [-0.2, 0) is 6.54 Å². The quantitative estimate of drug-likeness (QED) is 0.267. The number of ether oxygens (including phenoxy) is 2. The predicted octanol–water partition coefficient (Wildman–Crippen LogP) is 6.30. The van der Waals surface area contributed by atoms with E-state index in [1.54, 1.807) is 26.4 Å². The van der Waals surface area contributed by atoms with Crippen molar-refractivity contribution in [2.75, 3.05) is 20.0 Å². The number of benzene rings is 3. The van der Waals surface area contributed by atoms with Gasteiger partial charge in [-0.3, -0.25) is 4.79 Å². The zero-order valence-corrected chi connectivity index (χ0v) is 21.1. The fourth-order valence-electron chi connectivity index (χ4n) is 4.15. The van der Waals surface area contributed by atoms with Gasteiger partial charge in [-0.2, -0.15) is 0 Å². The molecule has 2 heterocycles. The molecule has 5 aromatic rings. The van der Waals surface area contributed by atoms with E-state index in [9.17, 15) is 9.18 Å². The maximum Gasteiger partial charge on any atom is 0.263 e. The van der Waals surface area contributed by atoms with Crippen molar-refractivity contribution >= 4 is 33.1 Å². The highest BCUT2D eigenvalue weighted by molar-refractivity contribution is 7.21. The molecule has 0 bridgehead atoms. The van der Waals surface area contributed by atoms with Gasteiger partial charge in [0.05, 0.1) is 25.6 Å². The van der Waals surface area contributed by atoms with E-state index in [1.807, 2.05) is 54.6 Å². The van der Waals surface area contributed by atoms with Crippen LogP contribution >= 0.6 is 11.3 Å². The Morgan fingerprint density at radius 2 is 1.73 bits per heavy atom. The highest BCUT2D eigenvalue weighted by atomic mass is 32.1. The number of hydrogen-bond acceptors (Lipinski definition) is 6. The first kappa shape index (κ1) is 24.3. The lowest BCUT2D eigenvalue weighted by molar-refractivity contribution is 0.0956. The molecule has 1 amide bonds. The summed E-state index contributed by atoms with van der Waals surface area (Å²) in [5, 5.41) is 3.55. The third kappa shape index (κ3) is 4.83. The van der Waals surface area contributed by atoms with Gasteiger partial charge in [-0.25, -0.2) is 9.37 Å². The van der Waals surface area contributed by atoms with Gasteiger partial charge in [-0.1, -0.05) is 42.5 Å². The van der Waals surface area contributed by atoms with Crippen LogP contribution in [-0.4, -0.2) is 25.1 Å². The van der Waals surface area contributed by atoms with Crippen molar-refractivity contribution in [2.45, 2.75) is 6.54 Å². The van der Waals surface area contributed by atoms with Crippen LogP contribution in [0.3, 0.4) is 0 Å². The van der Waals surface area contributed by atoms with E-state index >= 15 is 0 Å². The number of nitrogens with zero attached hydrogens (tertiary/aromatic N) is 1. The minimum atomic E-state index is -0.329. The number of thiophene rings is 1. The Morgan fingerprint density at radius 1 is 0.973 bits per heavy atom. The second-order valence-electron chi connectivity index (χ2n) is 8.32. The molecular formula is C29H24FN3O3S. The fourth-order valence-corrected chi connectivity index (χ4v) is 5.18. The number of methoxy groups -OCH3 is 2. The van der Waals surface area contributed by atoms with E-state index < -0.39 is 0 Å². The van der Waals surface area contributed by atoms with Gasteiger partial charge in [0.1, 0.15) is 27.0 Å². The first-order valence-electron chi connectivity index (χ1n) is 11.5. The summed E-state index contributed by atoms with van der Waals surface area (Å²) in [4.78, 5) is 19.0. The molecule has 0 aliphatic heterocycles. The number of nitrogens with one attached hydrogen (secondary N) is 1. The summed E-state index contributed by atoms with van der Waals surface area (Å²) in [5.74, 6) is 0.646. The Labute approximate surface area is 217 Å². The van der Waals surface area contributed by atoms with E-state index in [0.29, 0.717) is 32.3 Å². The van der Waals surface area contributed by atoms with Gasteiger partial charge >= 0.3 is 0 Å². The standard InChI is InChI=1S/C29H24FN3O3S/c1-35-20-12-13-24(36-2)21(14-20)22-15-23(18-6-4-3-5-7-18)33-29-25(22)26(31)27(37-29)28(34)32-16-17-8-10-19(30)11-9-17/h3-15H,16,31H2,1-2H3,(H,32,34). The average molecular weight is 514 g/mol. The third-order valence-electron chi connectivity index (χ3n) is 6.04. The lowest BCUT2D eigenvalue weighted by atomic mass is 9.98. The highest BCUT2D eigenvalue weighted by Gasteiger charge is 2.23. The molecule has 8 heteroatoms. The Kier molecular flexibility index (Phi) is 6.74. The summed E-state index contributed by atoms with van der Waals surface area (Å²) in [5.41, 5.74) is 11.0. The largest absolute Gasteiger partial charge is 0.497 e. The lowest BCUT2D eigenvalue weighted by Gasteiger charge is -2.14. The number of nitrogen functional groups attached to an aromatic ring is 1. The van der Waals surface area contributed by atoms with Gasteiger partial charge in [0.25, 0.3) is 5.91 Å². The van der Waals surface area contributed by atoms with Gasteiger partial charge in [0, 0.05) is 28.6 Å². The maximum absolute atomic E-state index is 13.2. The highest BCUT2D eigenvalue weighted by Crippen LogP contribution is 2.44. The molecule has 0 spiro atoms. The van der Waals surface area contributed by atoms with Crippen molar-refractivity contribution < 1.29 is 18.7 Å². The van der Waals surface area contributed by atoms with Gasteiger partial charge in [-0.15, -0.1) is 11.3 Å². The first-order valence-corrected chi connectivity index (χ1v) is 12.3. The van der Waals surface area contributed by atoms with Crippen molar-refractivity contribution in [2.24, 2.45) is 0 Å². The van der Waals surface area contributed by atoms with Crippen LogP contribution in [0, 0.1) is 5.82 Å². The topological polar surface area (TPSA) is 86.5 Å². The Balaban J connectivity index is 1.64. The summed E-state index contributed by atoms with van der Waals surface area (Å²) in [6.07, 6.45) is 0. The number of anilines is 1. The normalized spacial score (nSPS) is 10.9. The molecule has 5 rings (SSSR count). The molecule has 0 saturated heterocycles. The average Bonchev–Trinajstić information content (AvgIpc) is 3.28. The number of carbonyl (C=O) groups is 1. The van der Waals surface area contributed by atoms with Crippen LogP contribution in [0.15, 0.2) is 78.9 Å². The number of amides is 1. The summed E-state index contributed by atoms with van der Waals surface area (Å²) in [6, 6.07) is 23.3. The van der Waals surface area contributed by atoms with Crippen LogP contribution in [0.1, 0.15) is 15.2 Å². The van der Waals surface area contributed by atoms with Crippen molar-refractivity contribution in [3.05, 3.63) is 95.1 Å². The molecule has 0 fully saturated rings. The summed E-state index contributed by atoms with van der Waals surface area (Å²) in [7, 11) is 3.21. The van der Waals surface area contributed by atoms with E-state index in [0.717, 1.165) is 27.9 Å². The number of pyridine rings is 1. The summed E-state index contributed by atoms with van der Waals surface area (Å²) in [6.45, 7) is 0.242. The smallest absolute Gasteiger partial charge is 0.263 e. The van der Waals surface area contributed by atoms with Crippen LogP contribution in [0.4, 0.5) is 10.1 Å². The number of fused-ring (bicyclic) bond motifs is 1. The van der Waals surface area contributed by atoms with E-state index in [1.165, 1.54) is 23.5 Å². The van der Waals surface area contributed by atoms with E-state index in [4.69, 9.17) is 20.2 Å². The van der Waals surface area contributed by atoms with Crippen molar-refractivity contribution in [1.29, 1.82) is 0 Å². The molecule has 0 aliphatic rings. The van der Waals surface area contributed by atoms with Gasteiger partial charge in [0.2, 0.25) is 0 Å². The molecule has 0 saturated carbocycles. The number of aromatic nitrogens is 1. The van der Waals surface area contributed by atoms with Gasteiger partial charge in [-0.05, 0) is 42.0 Å². The predicted molar refractivity (Wildman–Crippen MR) is 146 cm³/mol. The Morgan fingerprint density at radius 3 is 2.43 bits per heavy atom. The van der Waals surface area contributed by atoms with Crippen molar-refractivity contribution in [3.63, 3.8) is 0 Å². The molecule has 0 atom stereocenters. The van der Waals surface area contributed by atoms with Gasteiger partial charge in [0.15, 0.2) is 0 Å². The molecule has 3 N–H and O–H groups in total. The first-order chi connectivity index (χ1) is 18.0. The molecule has 186 valence electrons. The van der Waals surface area contributed by atoms with Gasteiger partial charge < -0.3 is 20.5 Å². The molecule has 0 unspecified atom stereocenters. The maximum atomic E-state index is 13.2. The molecule has 2 aromatic heterocycles. The molecule has 0 aliphatic carbocycles. The summed E-state index contributed by atoms with van der Waals surface area (Å²) < 4.78 is 24.4. The molecular weight excluding hydrogens is 489 g/mol. The third-order valence-corrected chi connectivity index (χ3v) is 7.14. The monoisotopic (exact) mass is 513 g/mol. The van der Waals surface area contributed by atoms with Crippen molar-refractivity contribution in [3.8, 4) is 33.9 Å². The van der Waals surface area contributed by atoms with E-state index in [2.05, 4.69) is 5.32 Å². The molecule has 6 nitrogen and oxygen atoms in total. The zero-order valence-electron chi connectivity index (χ0n) is 20.2. The minimum Gasteiger partial charge on any atom is -0.497 e. The zero-order chi connectivity index (χ0) is 25.9. The number of halogens is 1. The molecule has 37 heavy (non-hydrogen) atoms. The molecule has 3 aromatic carbocycles. The lowest BCUT2D eigenvalue weighted by Crippen LogP contribution is -2.22. The number of hydrogen-bond donors (Lipinski definition) is 2. The molecule has 0 radical (unpaired) electrons. The number of nitrogens with two attached hydrogens (primary N) is 1. The fraction of sp³-hybridized carbons (Fsp3) is 0.103. The van der Waals surface area contributed by atoms with Crippen molar-refractivity contribution in [1.82, 2.24) is 10.3 Å². The Bertz CT molecular complexity index is 1580. The minimum absolute atomic E-state index is 0.242. The number of rotatable bonds is 7. The Hall–Kier alpha value is -4.43. The van der Waals surface area contributed by atoms with Crippen LogP contribution in [0.2, 0.25) is 0 Å². The number of carbonyl (C=O) groups excluding carboxylic acids is 1. The van der Waals surface area contributed by atoms with Crippen LogP contribution < -0.4 is 20.5 Å².